The first-order chi connectivity index (χ1) is 12.7. The molecule has 0 spiro atoms. The van der Waals surface area contributed by atoms with Crippen molar-refractivity contribution in [2.24, 2.45) is 0 Å². The SMILES string of the molecule is COC=Cc1ccc2oc(Cc3nc(-c4ccccc4)oc3C)cc2c1. The Hall–Kier alpha value is -3.27. The summed E-state index contributed by atoms with van der Waals surface area (Å²) < 4.78 is 16.8. The molecule has 0 N–H and O–H groups in total. The van der Waals surface area contributed by atoms with Gasteiger partial charge in [-0.1, -0.05) is 24.3 Å². The van der Waals surface area contributed by atoms with Crippen LogP contribution in [0.3, 0.4) is 0 Å². The molecular weight excluding hydrogens is 326 g/mol. The predicted molar refractivity (Wildman–Crippen MR) is 102 cm³/mol. The maximum absolute atomic E-state index is 5.96. The van der Waals surface area contributed by atoms with E-state index in [9.17, 15) is 0 Å². The third kappa shape index (κ3) is 3.26. The summed E-state index contributed by atoms with van der Waals surface area (Å²) in [5, 5.41) is 1.06. The molecule has 0 bridgehead atoms. The van der Waals surface area contributed by atoms with E-state index in [4.69, 9.17) is 13.6 Å². The number of nitrogens with zero attached hydrogens (tertiary/aromatic N) is 1. The van der Waals surface area contributed by atoms with Gasteiger partial charge in [0, 0.05) is 10.9 Å². The molecule has 4 aromatic rings. The number of fused-ring (bicyclic) bond motifs is 1. The summed E-state index contributed by atoms with van der Waals surface area (Å²) in [5.41, 5.74) is 3.79. The van der Waals surface area contributed by atoms with E-state index in [2.05, 4.69) is 17.1 Å². The zero-order valence-electron chi connectivity index (χ0n) is 14.7. The monoisotopic (exact) mass is 345 g/mol. The number of aromatic nitrogens is 1. The van der Waals surface area contributed by atoms with Gasteiger partial charge in [0.25, 0.3) is 0 Å². The van der Waals surface area contributed by atoms with E-state index < -0.39 is 0 Å². The van der Waals surface area contributed by atoms with Crippen LogP contribution in [-0.4, -0.2) is 12.1 Å². The van der Waals surface area contributed by atoms with Crippen LogP contribution in [0.1, 0.15) is 22.8 Å². The van der Waals surface area contributed by atoms with Gasteiger partial charge in [-0.25, -0.2) is 4.98 Å². The van der Waals surface area contributed by atoms with E-state index >= 15 is 0 Å². The summed E-state index contributed by atoms with van der Waals surface area (Å²) in [6, 6.07) is 18.0. The first-order valence-corrected chi connectivity index (χ1v) is 8.46. The third-order valence-corrected chi connectivity index (χ3v) is 4.24. The first-order valence-electron chi connectivity index (χ1n) is 8.46. The average Bonchev–Trinajstić information content (AvgIpc) is 3.23. The number of benzene rings is 2. The van der Waals surface area contributed by atoms with Crippen LogP contribution in [0.4, 0.5) is 0 Å². The highest BCUT2D eigenvalue weighted by Crippen LogP contribution is 2.26. The number of furan rings is 1. The average molecular weight is 345 g/mol. The standard InChI is InChI=1S/C22H19NO3/c1-15-20(23-22(25-15)17-6-4-3-5-7-17)14-19-13-18-12-16(10-11-24-2)8-9-21(18)26-19/h3-13H,14H2,1-2H3. The van der Waals surface area contributed by atoms with Crippen LogP contribution in [0.5, 0.6) is 0 Å². The van der Waals surface area contributed by atoms with Gasteiger partial charge in [-0.05, 0) is 48.9 Å². The highest BCUT2D eigenvalue weighted by atomic mass is 16.5. The van der Waals surface area contributed by atoms with Crippen molar-refractivity contribution in [3.05, 3.63) is 83.6 Å². The summed E-state index contributed by atoms with van der Waals surface area (Å²) in [6.45, 7) is 1.94. The molecule has 0 saturated heterocycles. The number of aryl methyl sites for hydroxylation is 1. The minimum atomic E-state index is 0.597. The van der Waals surface area contributed by atoms with E-state index in [-0.39, 0.29) is 0 Å². The number of hydrogen-bond donors (Lipinski definition) is 0. The van der Waals surface area contributed by atoms with Crippen LogP contribution < -0.4 is 0 Å². The number of rotatable bonds is 5. The lowest BCUT2D eigenvalue weighted by Gasteiger charge is -1.93. The molecular formula is C22H19NO3. The van der Waals surface area contributed by atoms with Gasteiger partial charge in [-0.2, -0.15) is 0 Å². The molecule has 0 saturated carbocycles. The van der Waals surface area contributed by atoms with Crippen LogP contribution in [0, 0.1) is 6.92 Å². The molecule has 4 nitrogen and oxygen atoms in total. The van der Waals surface area contributed by atoms with Crippen molar-refractivity contribution < 1.29 is 13.6 Å². The molecule has 2 aromatic heterocycles. The van der Waals surface area contributed by atoms with Crippen molar-refractivity contribution in [3.63, 3.8) is 0 Å². The Morgan fingerprint density at radius 3 is 2.69 bits per heavy atom. The van der Waals surface area contributed by atoms with E-state index in [0.29, 0.717) is 12.3 Å². The van der Waals surface area contributed by atoms with Crippen molar-refractivity contribution in [2.45, 2.75) is 13.3 Å². The number of methoxy groups -OCH3 is 1. The van der Waals surface area contributed by atoms with Crippen molar-refractivity contribution in [3.8, 4) is 11.5 Å². The second-order valence-electron chi connectivity index (χ2n) is 6.11. The molecule has 4 heteroatoms. The molecule has 2 aromatic carbocycles. The second kappa shape index (κ2) is 6.92. The van der Waals surface area contributed by atoms with Gasteiger partial charge in [0.2, 0.25) is 5.89 Å². The highest BCUT2D eigenvalue weighted by Gasteiger charge is 2.14. The molecule has 130 valence electrons. The largest absolute Gasteiger partial charge is 0.504 e. The number of ether oxygens (including phenoxy) is 1. The Kier molecular flexibility index (Phi) is 4.32. The Morgan fingerprint density at radius 1 is 1.04 bits per heavy atom. The summed E-state index contributed by atoms with van der Waals surface area (Å²) in [7, 11) is 1.63. The van der Waals surface area contributed by atoms with Gasteiger partial charge in [0.05, 0.1) is 25.5 Å². The van der Waals surface area contributed by atoms with Crippen LogP contribution in [-0.2, 0) is 11.2 Å². The highest BCUT2D eigenvalue weighted by molar-refractivity contribution is 5.80. The van der Waals surface area contributed by atoms with Crippen molar-refractivity contribution in [1.82, 2.24) is 4.98 Å². The maximum Gasteiger partial charge on any atom is 0.226 e. The van der Waals surface area contributed by atoms with Gasteiger partial charge in [-0.15, -0.1) is 0 Å². The van der Waals surface area contributed by atoms with Crippen LogP contribution in [0.2, 0.25) is 0 Å². The minimum absolute atomic E-state index is 0.597. The van der Waals surface area contributed by atoms with E-state index in [1.165, 1.54) is 0 Å². The molecule has 0 aliphatic carbocycles. The molecule has 0 amide bonds. The lowest BCUT2D eigenvalue weighted by atomic mass is 10.1. The van der Waals surface area contributed by atoms with Crippen molar-refractivity contribution in [1.29, 1.82) is 0 Å². The van der Waals surface area contributed by atoms with Crippen molar-refractivity contribution in [2.75, 3.05) is 7.11 Å². The molecule has 2 heterocycles. The smallest absolute Gasteiger partial charge is 0.226 e. The van der Waals surface area contributed by atoms with Gasteiger partial charge >= 0.3 is 0 Å². The lowest BCUT2D eigenvalue weighted by Crippen LogP contribution is -1.88. The van der Waals surface area contributed by atoms with Gasteiger partial charge in [0.15, 0.2) is 0 Å². The molecule has 26 heavy (non-hydrogen) atoms. The van der Waals surface area contributed by atoms with Gasteiger partial charge in [0.1, 0.15) is 17.1 Å². The zero-order chi connectivity index (χ0) is 17.9. The van der Waals surface area contributed by atoms with Crippen LogP contribution in [0.15, 0.2) is 69.7 Å². The predicted octanol–water partition coefficient (Wildman–Crippen LogP) is 5.60. The fourth-order valence-corrected chi connectivity index (χ4v) is 2.92. The van der Waals surface area contributed by atoms with Crippen molar-refractivity contribution >= 4 is 17.0 Å². The van der Waals surface area contributed by atoms with E-state index in [0.717, 1.165) is 39.3 Å². The molecule has 0 radical (unpaired) electrons. The van der Waals surface area contributed by atoms with Gasteiger partial charge < -0.3 is 13.6 Å². The Bertz CT molecular complexity index is 1060. The molecule has 4 rings (SSSR count). The summed E-state index contributed by atoms with van der Waals surface area (Å²) in [6.07, 6.45) is 4.17. The van der Waals surface area contributed by atoms with Crippen LogP contribution in [0.25, 0.3) is 28.5 Å². The first kappa shape index (κ1) is 16.2. The Labute approximate surface area is 151 Å². The van der Waals surface area contributed by atoms with Gasteiger partial charge in [-0.3, -0.25) is 0 Å². The molecule has 0 aliphatic heterocycles. The second-order valence-corrected chi connectivity index (χ2v) is 6.11. The number of oxazole rings is 1. The molecule has 0 atom stereocenters. The summed E-state index contributed by atoms with van der Waals surface area (Å²) in [4.78, 5) is 4.65. The van der Waals surface area contributed by atoms with E-state index in [1.54, 1.807) is 13.4 Å². The molecule has 0 aliphatic rings. The van der Waals surface area contributed by atoms with E-state index in [1.807, 2.05) is 55.5 Å². The normalized spacial score (nSPS) is 11.5. The lowest BCUT2D eigenvalue weighted by molar-refractivity contribution is 0.341. The Balaban J connectivity index is 1.61. The molecule has 0 fully saturated rings. The summed E-state index contributed by atoms with van der Waals surface area (Å²) in [5.74, 6) is 2.32. The maximum atomic E-state index is 5.96. The fourth-order valence-electron chi connectivity index (χ4n) is 2.92. The quantitative estimate of drug-likeness (QED) is 0.441. The fraction of sp³-hybridized carbons (Fsp3) is 0.136. The third-order valence-electron chi connectivity index (χ3n) is 4.24. The summed E-state index contributed by atoms with van der Waals surface area (Å²) >= 11 is 0. The minimum Gasteiger partial charge on any atom is -0.504 e. The molecule has 0 unspecified atom stereocenters. The van der Waals surface area contributed by atoms with Crippen LogP contribution >= 0.6 is 0 Å². The topological polar surface area (TPSA) is 48.4 Å². The number of hydrogen-bond acceptors (Lipinski definition) is 4. The Morgan fingerprint density at radius 2 is 1.88 bits per heavy atom. The zero-order valence-corrected chi connectivity index (χ0v) is 14.7.